The standard InChI is InChI=1S/C45H45N5O8/c1-49-36-12-13-46-21-35(36)32-7-4-27(16-38(32)49)28-5-11-40(47-20-28)58-31-17-30(18-31)57-26-45-22-44(23-45,24-45)25-55-14-2-3-15-56-29-6-8-33-34(19-29)43(54)50(42(33)53)37-9-10-39(51)48-41(37)52/h4-8,11-13,16,19-21,30-31,37H,2-3,9-10,14-15,17-18,22-26H2,1H3,(H,48,51,52)/t30-,31-,37?,44?,45?. The van der Waals surface area contributed by atoms with Gasteiger partial charge in [0, 0.05) is 79.4 Å². The van der Waals surface area contributed by atoms with Crippen LogP contribution >= 0.6 is 0 Å². The van der Waals surface area contributed by atoms with E-state index in [2.05, 4.69) is 51.2 Å². The molecule has 5 heterocycles. The molecular weight excluding hydrogens is 739 g/mol. The van der Waals surface area contributed by atoms with Crippen molar-refractivity contribution < 1.29 is 38.1 Å². The van der Waals surface area contributed by atoms with Crippen molar-refractivity contribution in [2.75, 3.05) is 26.4 Å². The summed E-state index contributed by atoms with van der Waals surface area (Å²) in [4.78, 5) is 59.7. The Morgan fingerprint density at radius 2 is 1.59 bits per heavy atom. The van der Waals surface area contributed by atoms with E-state index in [1.54, 1.807) is 18.2 Å². The van der Waals surface area contributed by atoms with Crippen molar-refractivity contribution >= 4 is 45.4 Å². The van der Waals surface area contributed by atoms with Gasteiger partial charge in [0.25, 0.3) is 11.8 Å². The average molecular weight is 784 g/mol. The number of aryl methyl sites for hydroxylation is 1. The molecule has 1 atom stereocenters. The first-order valence-electron chi connectivity index (χ1n) is 20.3. The summed E-state index contributed by atoms with van der Waals surface area (Å²) in [7, 11) is 2.09. The van der Waals surface area contributed by atoms with E-state index in [1.165, 1.54) is 16.4 Å². The highest BCUT2D eigenvalue weighted by Crippen LogP contribution is 2.73. The van der Waals surface area contributed by atoms with Crippen LogP contribution in [-0.4, -0.2) is 87.7 Å². The monoisotopic (exact) mass is 783 g/mol. The van der Waals surface area contributed by atoms with Crippen LogP contribution in [-0.2, 0) is 26.1 Å². The molecule has 4 saturated carbocycles. The van der Waals surface area contributed by atoms with Crippen LogP contribution in [0.2, 0.25) is 0 Å². The number of carbonyl (C=O) groups excluding carboxylic acids is 4. The Hall–Kier alpha value is -5.66. The number of imide groups is 2. The zero-order valence-electron chi connectivity index (χ0n) is 32.4. The lowest BCUT2D eigenvalue weighted by atomic mass is 9.35. The van der Waals surface area contributed by atoms with Gasteiger partial charge in [-0.1, -0.05) is 12.1 Å². The number of ether oxygens (including phenoxy) is 4. The third-order valence-corrected chi connectivity index (χ3v) is 12.9. The predicted octanol–water partition coefficient (Wildman–Crippen LogP) is 6.16. The number of pyridine rings is 2. The predicted molar refractivity (Wildman–Crippen MR) is 212 cm³/mol. The number of rotatable bonds is 15. The van der Waals surface area contributed by atoms with Gasteiger partial charge in [-0.2, -0.15) is 0 Å². The molecule has 1 N–H and O–H groups in total. The number of unbranched alkanes of at least 4 members (excludes halogenated alkanes) is 1. The first-order chi connectivity index (χ1) is 28.2. The SMILES string of the molecule is Cn1c2ccncc2c2ccc(-c3ccc(O[C@H]4C[C@H](OCC56CC(COCCCCOc7ccc8c(c7)C(=O)N(C7CCC(=O)NC7=O)C8=O)(C5)C6)C4)nc3)cc21. The highest BCUT2D eigenvalue weighted by molar-refractivity contribution is 6.23. The number of hydrogen-bond acceptors (Lipinski definition) is 10. The molecule has 2 aliphatic heterocycles. The number of amides is 4. The molecule has 11 rings (SSSR count). The summed E-state index contributed by atoms with van der Waals surface area (Å²) < 4.78 is 26.7. The molecule has 4 aliphatic carbocycles. The van der Waals surface area contributed by atoms with E-state index >= 15 is 0 Å². The largest absolute Gasteiger partial charge is 0.494 e. The van der Waals surface area contributed by atoms with Crippen LogP contribution in [0.3, 0.4) is 0 Å². The Balaban J connectivity index is 0.597. The Kier molecular flexibility index (Phi) is 9.05. The fourth-order valence-corrected chi connectivity index (χ4v) is 9.93. The minimum Gasteiger partial charge on any atom is -0.494 e. The lowest BCUT2D eigenvalue weighted by Gasteiger charge is -2.70. The molecule has 5 aromatic rings. The van der Waals surface area contributed by atoms with Crippen LogP contribution in [0.1, 0.15) is 78.5 Å². The molecule has 1 unspecified atom stereocenters. The van der Waals surface area contributed by atoms with E-state index < -0.39 is 29.7 Å². The van der Waals surface area contributed by atoms with Crippen LogP contribution in [0, 0.1) is 10.8 Å². The van der Waals surface area contributed by atoms with Crippen molar-refractivity contribution in [1.82, 2.24) is 24.8 Å². The molecule has 0 spiro atoms. The van der Waals surface area contributed by atoms with Crippen molar-refractivity contribution in [3.8, 4) is 22.8 Å². The summed E-state index contributed by atoms with van der Waals surface area (Å²) >= 11 is 0. The summed E-state index contributed by atoms with van der Waals surface area (Å²) in [6.45, 7) is 2.70. The van der Waals surface area contributed by atoms with Crippen LogP contribution in [0.5, 0.6) is 11.6 Å². The maximum absolute atomic E-state index is 13.1. The van der Waals surface area contributed by atoms with Crippen molar-refractivity contribution in [3.63, 3.8) is 0 Å². The smallest absolute Gasteiger partial charge is 0.262 e. The van der Waals surface area contributed by atoms with Gasteiger partial charge in [0.05, 0.1) is 42.6 Å². The van der Waals surface area contributed by atoms with Crippen LogP contribution in [0.4, 0.5) is 0 Å². The van der Waals surface area contributed by atoms with Crippen molar-refractivity contribution in [1.29, 1.82) is 0 Å². The van der Waals surface area contributed by atoms with Crippen molar-refractivity contribution in [2.24, 2.45) is 17.9 Å². The summed E-state index contributed by atoms with van der Waals surface area (Å²) in [5, 5.41) is 4.56. The molecule has 2 aromatic carbocycles. The first kappa shape index (κ1) is 36.7. The van der Waals surface area contributed by atoms with Gasteiger partial charge in [0.15, 0.2) is 0 Å². The summed E-state index contributed by atoms with van der Waals surface area (Å²) in [6, 6.07) is 16.4. The van der Waals surface area contributed by atoms with Gasteiger partial charge < -0.3 is 23.5 Å². The highest BCUT2D eigenvalue weighted by Gasteiger charge is 2.67. The lowest BCUT2D eigenvalue weighted by molar-refractivity contribution is -0.263. The molecule has 298 valence electrons. The zero-order chi connectivity index (χ0) is 39.6. The molecular formula is C45H45N5O8. The number of hydrogen-bond donors (Lipinski definition) is 1. The van der Waals surface area contributed by atoms with Crippen LogP contribution in [0.15, 0.2) is 73.2 Å². The fraction of sp³-hybridized carbons (Fsp3) is 0.422. The molecule has 4 amide bonds. The van der Waals surface area contributed by atoms with Gasteiger partial charge in [0.1, 0.15) is 17.9 Å². The number of carbonyl (C=O) groups is 4. The van der Waals surface area contributed by atoms with Gasteiger partial charge in [-0.25, -0.2) is 4.98 Å². The first-order valence-corrected chi connectivity index (χ1v) is 20.3. The molecule has 6 aliphatic rings. The Morgan fingerprint density at radius 1 is 0.793 bits per heavy atom. The molecule has 1 saturated heterocycles. The zero-order valence-corrected chi connectivity index (χ0v) is 32.4. The van der Waals surface area contributed by atoms with E-state index in [9.17, 15) is 19.2 Å². The molecule has 13 nitrogen and oxygen atoms in total. The van der Waals surface area contributed by atoms with Crippen molar-refractivity contribution in [3.05, 3.63) is 84.3 Å². The lowest BCUT2D eigenvalue weighted by Crippen LogP contribution is -2.66. The fourth-order valence-electron chi connectivity index (χ4n) is 9.93. The maximum atomic E-state index is 13.1. The normalized spacial score (nSPS) is 25.9. The molecule has 2 bridgehead atoms. The highest BCUT2D eigenvalue weighted by atomic mass is 16.5. The Bertz CT molecular complexity index is 2450. The number of piperidine rings is 1. The molecule has 58 heavy (non-hydrogen) atoms. The maximum Gasteiger partial charge on any atom is 0.262 e. The van der Waals surface area contributed by atoms with Gasteiger partial charge in [-0.15, -0.1) is 0 Å². The Labute approximate surface area is 335 Å². The number of nitrogens with zero attached hydrogens (tertiary/aromatic N) is 4. The second-order valence-electron chi connectivity index (χ2n) is 17.0. The van der Waals surface area contributed by atoms with Gasteiger partial charge >= 0.3 is 0 Å². The third kappa shape index (κ3) is 6.50. The minimum absolute atomic E-state index is 0.0823. The topological polar surface area (TPSA) is 151 Å². The summed E-state index contributed by atoms with van der Waals surface area (Å²) in [5.74, 6) is -0.959. The average Bonchev–Trinajstić information content (AvgIpc) is 3.61. The van der Waals surface area contributed by atoms with Gasteiger partial charge in [-0.05, 0) is 91.3 Å². The second-order valence-corrected chi connectivity index (χ2v) is 17.0. The summed E-state index contributed by atoms with van der Waals surface area (Å²) in [6.07, 6.45) is 13.1. The van der Waals surface area contributed by atoms with Gasteiger partial charge in [0.2, 0.25) is 17.7 Å². The van der Waals surface area contributed by atoms with E-state index in [-0.39, 0.29) is 36.2 Å². The number of nitrogens with one attached hydrogen (secondary N) is 1. The quantitative estimate of drug-likeness (QED) is 0.0966. The number of fused-ring (bicyclic) bond motifs is 4. The van der Waals surface area contributed by atoms with E-state index in [1.807, 2.05) is 30.7 Å². The molecule has 5 fully saturated rings. The number of aromatic nitrogens is 3. The summed E-state index contributed by atoms with van der Waals surface area (Å²) in [5.41, 5.74) is 5.57. The molecule has 13 heteroatoms. The number of benzene rings is 2. The minimum atomic E-state index is -0.987. The van der Waals surface area contributed by atoms with Gasteiger partial charge in [-0.3, -0.25) is 34.4 Å². The second kappa shape index (κ2) is 14.3. The van der Waals surface area contributed by atoms with E-state index in [0.29, 0.717) is 35.7 Å². The van der Waals surface area contributed by atoms with E-state index in [0.717, 1.165) is 79.6 Å². The molecule has 0 radical (unpaired) electrons. The van der Waals surface area contributed by atoms with Crippen LogP contribution < -0.4 is 14.8 Å². The Morgan fingerprint density at radius 3 is 2.40 bits per heavy atom. The van der Waals surface area contributed by atoms with Crippen LogP contribution in [0.25, 0.3) is 32.9 Å². The van der Waals surface area contributed by atoms with Crippen molar-refractivity contribution in [2.45, 2.75) is 76.0 Å². The third-order valence-electron chi connectivity index (χ3n) is 12.9. The van der Waals surface area contributed by atoms with E-state index in [4.69, 9.17) is 18.9 Å². The molecule has 3 aromatic heterocycles.